The molecule has 1 aromatic heterocycles. The van der Waals surface area contributed by atoms with Crippen molar-refractivity contribution >= 4 is 48.4 Å². The van der Waals surface area contributed by atoms with Gasteiger partial charge in [-0.2, -0.15) is 0 Å². The molecule has 0 bridgehead atoms. The Labute approximate surface area is 264 Å². The molecule has 0 aliphatic carbocycles. The van der Waals surface area contributed by atoms with Crippen molar-refractivity contribution in [3.63, 3.8) is 0 Å². The van der Waals surface area contributed by atoms with Gasteiger partial charge in [0.05, 0.1) is 39.3 Å². The molecule has 236 valence electrons. The molecule has 0 spiro atoms. The van der Waals surface area contributed by atoms with Crippen molar-refractivity contribution in [1.82, 2.24) is 19.8 Å². The normalized spacial score (nSPS) is 12.1. The number of methoxy groups -OCH3 is 2. The zero-order valence-corrected chi connectivity index (χ0v) is 26.7. The molecule has 0 saturated heterocycles. The third kappa shape index (κ3) is 10.1. The molecule has 0 aliphatic rings. The number of ether oxygens (including phenoxy) is 3. The van der Waals surface area contributed by atoms with E-state index >= 15 is 0 Å². The Bertz CT molecular complexity index is 1350. The predicted molar refractivity (Wildman–Crippen MR) is 168 cm³/mol. The number of nitrogens with two attached hydrogens (primary N) is 1. The number of nitrogens with one attached hydrogen (secondary N) is 2. The number of carbonyl (C=O) groups is 3. The molecule has 0 saturated carbocycles. The van der Waals surface area contributed by atoms with Gasteiger partial charge in [-0.15, -0.1) is 24.8 Å². The van der Waals surface area contributed by atoms with E-state index in [1.54, 1.807) is 50.7 Å². The van der Waals surface area contributed by atoms with E-state index in [0.717, 1.165) is 5.56 Å². The Balaban J connectivity index is 0.00000462. The van der Waals surface area contributed by atoms with E-state index < -0.39 is 29.4 Å². The summed E-state index contributed by atoms with van der Waals surface area (Å²) in [5, 5.41) is 5.36. The van der Waals surface area contributed by atoms with Gasteiger partial charge in [-0.05, 0) is 37.1 Å². The minimum Gasteiger partial charge on any atom is -0.493 e. The largest absolute Gasteiger partial charge is 0.493 e. The fourth-order valence-corrected chi connectivity index (χ4v) is 3.86. The number of nitrogens with zero attached hydrogens (tertiary/aromatic N) is 3. The summed E-state index contributed by atoms with van der Waals surface area (Å²) in [7, 11) is 6.34. The van der Waals surface area contributed by atoms with E-state index in [0.29, 0.717) is 17.1 Å². The van der Waals surface area contributed by atoms with Crippen molar-refractivity contribution in [3.05, 3.63) is 72.2 Å². The van der Waals surface area contributed by atoms with Crippen molar-refractivity contribution in [2.24, 2.45) is 5.73 Å². The highest BCUT2D eigenvalue weighted by molar-refractivity contribution is 5.98. The van der Waals surface area contributed by atoms with Crippen LogP contribution < -0.4 is 25.8 Å². The zero-order chi connectivity index (χ0) is 30.2. The van der Waals surface area contributed by atoms with Crippen LogP contribution in [-0.2, 0) is 25.7 Å². The monoisotopic (exact) mass is 638 g/mol. The van der Waals surface area contributed by atoms with Crippen LogP contribution in [0.25, 0.3) is 0 Å². The van der Waals surface area contributed by atoms with Gasteiger partial charge < -0.3 is 40.0 Å². The second kappa shape index (κ2) is 16.7. The SMILES string of the molecule is COc1ccc(C(C(=O)N(C)C)n2cnc(NC(=O)[C@@H](COCc3ccccc3)NC(=O)C(C)(C)N)c2)cc1OC.Cl.Cl. The second-order valence-electron chi connectivity index (χ2n) is 10.2. The number of hydrogen-bond acceptors (Lipinski definition) is 8. The number of benzene rings is 2. The maximum atomic E-state index is 13.3. The standard InChI is InChI=1S/C29H38N6O6.2ClH/c1-29(2,30)28(38)32-21(17-41-16-19-10-8-7-9-11-19)26(36)33-24-15-35(18-31-24)25(27(37)34(3)4)20-12-13-22(39-5)23(14-20)40-6;;/h7-15,18,21,25H,16-17,30H2,1-6H3,(H,32,38)(H,33,36);2*1H/t21-,25?;;/m1../s1. The minimum absolute atomic E-state index is 0. The average molecular weight is 640 g/mol. The molecular weight excluding hydrogens is 599 g/mol. The molecule has 14 heteroatoms. The van der Waals surface area contributed by atoms with Crippen LogP contribution >= 0.6 is 24.8 Å². The summed E-state index contributed by atoms with van der Waals surface area (Å²) in [6.45, 7) is 3.23. The predicted octanol–water partition coefficient (Wildman–Crippen LogP) is 2.80. The molecule has 12 nitrogen and oxygen atoms in total. The number of rotatable bonds is 13. The number of imidazole rings is 1. The van der Waals surface area contributed by atoms with Crippen LogP contribution in [0.1, 0.15) is 31.0 Å². The molecule has 1 unspecified atom stereocenters. The first-order valence-corrected chi connectivity index (χ1v) is 12.9. The average Bonchev–Trinajstić information content (AvgIpc) is 3.39. The lowest BCUT2D eigenvalue weighted by atomic mass is 10.0. The Kier molecular flexibility index (Phi) is 14.4. The third-order valence-electron chi connectivity index (χ3n) is 6.15. The van der Waals surface area contributed by atoms with Crippen LogP contribution in [0, 0.1) is 0 Å². The second-order valence-corrected chi connectivity index (χ2v) is 10.2. The lowest BCUT2D eigenvalue weighted by Gasteiger charge is -2.24. The van der Waals surface area contributed by atoms with Crippen molar-refractivity contribution < 1.29 is 28.6 Å². The summed E-state index contributed by atoms with van der Waals surface area (Å²) in [5.41, 5.74) is 6.27. The van der Waals surface area contributed by atoms with Crippen molar-refractivity contribution in [3.8, 4) is 11.5 Å². The van der Waals surface area contributed by atoms with E-state index in [2.05, 4.69) is 15.6 Å². The van der Waals surface area contributed by atoms with Gasteiger partial charge in [-0.3, -0.25) is 14.4 Å². The first-order valence-electron chi connectivity index (χ1n) is 12.9. The molecule has 3 amide bonds. The van der Waals surface area contributed by atoms with Crippen LogP contribution in [0.2, 0.25) is 0 Å². The first-order chi connectivity index (χ1) is 19.4. The molecule has 0 aliphatic heterocycles. The topological polar surface area (TPSA) is 150 Å². The molecule has 43 heavy (non-hydrogen) atoms. The van der Waals surface area contributed by atoms with Crippen LogP contribution in [0.4, 0.5) is 5.82 Å². The van der Waals surface area contributed by atoms with Crippen LogP contribution in [-0.4, -0.2) is 78.7 Å². The Morgan fingerprint density at radius 2 is 1.67 bits per heavy atom. The number of amides is 3. The summed E-state index contributed by atoms with van der Waals surface area (Å²) in [4.78, 5) is 44.8. The first kappa shape index (κ1) is 37.2. The third-order valence-corrected chi connectivity index (χ3v) is 6.15. The molecular formula is C29H40Cl2N6O6. The molecule has 2 aromatic carbocycles. The van der Waals surface area contributed by atoms with Gasteiger partial charge >= 0.3 is 0 Å². The van der Waals surface area contributed by atoms with Crippen LogP contribution in [0.3, 0.4) is 0 Å². The molecule has 4 N–H and O–H groups in total. The molecule has 0 fully saturated rings. The maximum Gasteiger partial charge on any atom is 0.250 e. The lowest BCUT2D eigenvalue weighted by Crippen LogP contribution is -2.56. The van der Waals surface area contributed by atoms with E-state index in [1.165, 1.54) is 31.6 Å². The quantitative estimate of drug-likeness (QED) is 0.259. The van der Waals surface area contributed by atoms with Gasteiger partial charge in [0.2, 0.25) is 11.8 Å². The van der Waals surface area contributed by atoms with Crippen molar-refractivity contribution in [2.75, 3.05) is 40.2 Å². The number of halogens is 2. The molecule has 0 radical (unpaired) electrons. The summed E-state index contributed by atoms with van der Waals surface area (Å²) >= 11 is 0. The summed E-state index contributed by atoms with van der Waals surface area (Å²) < 4.78 is 18.1. The van der Waals surface area contributed by atoms with Gasteiger partial charge in [-0.25, -0.2) is 4.98 Å². The number of likely N-dealkylation sites (N-methyl/N-ethyl adjacent to an activating group) is 1. The summed E-state index contributed by atoms with van der Waals surface area (Å²) in [6.07, 6.45) is 2.98. The number of aromatic nitrogens is 2. The highest BCUT2D eigenvalue weighted by Gasteiger charge is 2.30. The number of carbonyl (C=O) groups excluding carboxylic acids is 3. The minimum atomic E-state index is -1.21. The molecule has 3 aromatic rings. The van der Waals surface area contributed by atoms with Crippen molar-refractivity contribution in [2.45, 2.75) is 38.1 Å². The van der Waals surface area contributed by atoms with E-state index in [9.17, 15) is 14.4 Å². The van der Waals surface area contributed by atoms with Gasteiger partial charge in [0.1, 0.15) is 12.1 Å². The molecule has 1 heterocycles. The molecule has 3 rings (SSSR count). The van der Waals surface area contributed by atoms with Gasteiger partial charge in [0.25, 0.3) is 5.91 Å². The summed E-state index contributed by atoms with van der Waals surface area (Å²) in [5.74, 6) is -0.126. The lowest BCUT2D eigenvalue weighted by molar-refractivity contribution is -0.131. The van der Waals surface area contributed by atoms with Gasteiger partial charge in [-0.1, -0.05) is 36.4 Å². The Morgan fingerprint density at radius 3 is 2.26 bits per heavy atom. The fourth-order valence-electron chi connectivity index (χ4n) is 3.86. The van der Waals surface area contributed by atoms with E-state index in [-0.39, 0.29) is 49.8 Å². The van der Waals surface area contributed by atoms with Crippen LogP contribution in [0.5, 0.6) is 11.5 Å². The Morgan fingerprint density at radius 1 is 1.02 bits per heavy atom. The smallest absolute Gasteiger partial charge is 0.250 e. The number of anilines is 1. The van der Waals surface area contributed by atoms with Crippen molar-refractivity contribution in [1.29, 1.82) is 0 Å². The van der Waals surface area contributed by atoms with Gasteiger partial charge in [0.15, 0.2) is 17.3 Å². The number of hydrogen-bond donors (Lipinski definition) is 3. The summed E-state index contributed by atoms with van der Waals surface area (Å²) in [6, 6.07) is 12.8. The highest BCUT2D eigenvalue weighted by Crippen LogP contribution is 2.32. The van der Waals surface area contributed by atoms with Crippen LogP contribution in [0.15, 0.2) is 61.1 Å². The van der Waals surface area contributed by atoms with E-state index in [4.69, 9.17) is 19.9 Å². The zero-order valence-electron chi connectivity index (χ0n) is 25.0. The Hall–Kier alpha value is -3.84. The maximum absolute atomic E-state index is 13.3. The van der Waals surface area contributed by atoms with Gasteiger partial charge in [0, 0.05) is 20.3 Å². The highest BCUT2D eigenvalue weighted by atomic mass is 35.5. The molecule has 2 atom stereocenters. The fraction of sp³-hybridized carbons (Fsp3) is 0.379. The van der Waals surface area contributed by atoms with E-state index in [1.807, 2.05) is 30.3 Å².